The lowest BCUT2D eigenvalue weighted by Crippen LogP contribution is -2.49. The Morgan fingerprint density at radius 3 is 2.75 bits per heavy atom. The average molecular weight is 383 g/mol. The number of amides is 1. The molecule has 2 saturated heterocycles. The van der Waals surface area contributed by atoms with Crippen LogP contribution < -0.4 is 22.1 Å². The van der Waals surface area contributed by atoms with E-state index in [1.807, 2.05) is 6.07 Å². The highest BCUT2D eigenvalue weighted by Gasteiger charge is 2.37. The fourth-order valence-corrected chi connectivity index (χ4v) is 4.41. The summed E-state index contributed by atoms with van der Waals surface area (Å²) in [5, 5.41) is 0. The lowest BCUT2D eigenvalue weighted by atomic mass is 9.81. The van der Waals surface area contributed by atoms with Crippen molar-refractivity contribution in [2.45, 2.75) is 25.3 Å². The molecular weight excluding hydrogens is 358 g/mol. The van der Waals surface area contributed by atoms with Gasteiger partial charge in [-0.1, -0.05) is 30.3 Å². The van der Waals surface area contributed by atoms with E-state index in [1.165, 1.54) is 5.56 Å². The molecule has 2 aliphatic rings. The minimum Gasteiger partial charge on any atom is -0.337 e. The standard InChI is InChI=1S/C20H25N5O3/c26-17-10-16(22-20(28)23-17)19(27)25-8-4-7-14(12-25)18-15(11-21-24-18)9-13-5-2-1-3-6-13/h1-3,5-6,10,14-15,18,21,24H,4,7-9,11-12H2,(H2,22,23,26,28). The number of H-pyrrole nitrogens is 2. The Kier molecular flexibility index (Phi) is 5.40. The predicted octanol–water partition coefficient (Wildman–Crippen LogP) is 0.251. The maximum atomic E-state index is 12.8. The molecule has 3 heterocycles. The lowest BCUT2D eigenvalue weighted by Gasteiger charge is -2.37. The van der Waals surface area contributed by atoms with Gasteiger partial charge in [0.15, 0.2) is 0 Å². The zero-order valence-electron chi connectivity index (χ0n) is 15.6. The van der Waals surface area contributed by atoms with Crippen molar-refractivity contribution in [3.63, 3.8) is 0 Å². The van der Waals surface area contributed by atoms with Gasteiger partial charge in [-0.2, -0.15) is 0 Å². The van der Waals surface area contributed by atoms with Gasteiger partial charge in [-0.3, -0.25) is 25.4 Å². The number of nitrogens with zero attached hydrogens (tertiary/aromatic N) is 1. The molecule has 148 valence electrons. The van der Waals surface area contributed by atoms with E-state index in [9.17, 15) is 14.4 Å². The van der Waals surface area contributed by atoms with E-state index in [1.54, 1.807) is 4.90 Å². The second-order valence-corrected chi connectivity index (χ2v) is 7.66. The number of aromatic amines is 2. The molecule has 0 spiro atoms. The summed E-state index contributed by atoms with van der Waals surface area (Å²) in [6, 6.07) is 11.9. The van der Waals surface area contributed by atoms with E-state index in [-0.39, 0.29) is 17.6 Å². The molecule has 0 radical (unpaired) electrons. The Morgan fingerprint density at radius 2 is 1.96 bits per heavy atom. The van der Waals surface area contributed by atoms with Crippen LogP contribution in [0, 0.1) is 11.8 Å². The highest BCUT2D eigenvalue weighted by Crippen LogP contribution is 2.28. The van der Waals surface area contributed by atoms with E-state index in [0.29, 0.717) is 24.9 Å². The molecule has 28 heavy (non-hydrogen) atoms. The first-order valence-electron chi connectivity index (χ1n) is 9.75. The molecular formula is C20H25N5O3. The van der Waals surface area contributed by atoms with Crippen molar-refractivity contribution in [2.75, 3.05) is 19.6 Å². The molecule has 2 aliphatic heterocycles. The third kappa shape index (κ3) is 4.07. The van der Waals surface area contributed by atoms with E-state index in [4.69, 9.17) is 0 Å². The molecule has 1 aromatic carbocycles. The summed E-state index contributed by atoms with van der Waals surface area (Å²) in [5.41, 5.74) is 6.84. The van der Waals surface area contributed by atoms with Crippen molar-refractivity contribution in [1.29, 1.82) is 0 Å². The van der Waals surface area contributed by atoms with E-state index in [0.717, 1.165) is 31.9 Å². The van der Waals surface area contributed by atoms with Crippen LogP contribution in [0.5, 0.6) is 0 Å². The van der Waals surface area contributed by atoms with E-state index in [2.05, 4.69) is 45.1 Å². The van der Waals surface area contributed by atoms with Gasteiger partial charge in [0.1, 0.15) is 5.69 Å². The van der Waals surface area contributed by atoms with Crippen LogP contribution in [0.25, 0.3) is 0 Å². The third-order valence-electron chi connectivity index (χ3n) is 5.73. The highest BCUT2D eigenvalue weighted by atomic mass is 16.2. The maximum absolute atomic E-state index is 12.8. The summed E-state index contributed by atoms with van der Waals surface area (Å²) in [4.78, 5) is 42.1. The number of hydrogen-bond donors (Lipinski definition) is 4. The third-order valence-corrected chi connectivity index (χ3v) is 5.73. The summed E-state index contributed by atoms with van der Waals surface area (Å²) >= 11 is 0. The molecule has 0 aliphatic carbocycles. The molecule has 1 amide bonds. The molecule has 0 bridgehead atoms. The molecule has 4 N–H and O–H groups in total. The second kappa shape index (κ2) is 8.12. The number of carbonyl (C=O) groups excluding carboxylic acids is 1. The number of aromatic nitrogens is 2. The molecule has 2 fully saturated rings. The molecule has 0 saturated carbocycles. The Labute approximate surface area is 162 Å². The topological polar surface area (TPSA) is 110 Å². The quantitative estimate of drug-likeness (QED) is 0.605. The molecule has 8 heteroatoms. The van der Waals surface area contributed by atoms with Crippen LogP contribution in [0.3, 0.4) is 0 Å². The molecule has 2 aromatic rings. The van der Waals surface area contributed by atoms with Gasteiger partial charge in [-0.25, -0.2) is 4.79 Å². The summed E-state index contributed by atoms with van der Waals surface area (Å²) in [6.07, 6.45) is 2.93. The van der Waals surface area contributed by atoms with Crippen LogP contribution in [0.4, 0.5) is 0 Å². The largest absolute Gasteiger partial charge is 0.337 e. The van der Waals surface area contributed by atoms with Gasteiger partial charge < -0.3 is 9.88 Å². The van der Waals surface area contributed by atoms with Crippen LogP contribution in [0.15, 0.2) is 46.0 Å². The van der Waals surface area contributed by atoms with Gasteiger partial charge in [0.2, 0.25) is 0 Å². The Balaban J connectivity index is 1.46. The normalized spacial score (nSPS) is 25.0. The number of hydrogen-bond acceptors (Lipinski definition) is 5. The number of piperidine rings is 1. The zero-order valence-corrected chi connectivity index (χ0v) is 15.6. The van der Waals surface area contributed by atoms with Gasteiger partial charge in [-0.05, 0) is 36.7 Å². The minimum absolute atomic E-state index is 0.0488. The fraction of sp³-hybridized carbons (Fsp3) is 0.450. The molecule has 3 atom stereocenters. The SMILES string of the molecule is O=C(c1cc(=O)[nH]c(=O)[nH]1)N1CCCC(C2NNCC2Cc2ccccc2)C1. The van der Waals surface area contributed by atoms with E-state index < -0.39 is 11.2 Å². The number of likely N-dealkylation sites (tertiary alicyclic amines) is 1. The van der Waals surface area contributed by atoms with Crippen molar-refractivity contribution in [1.82, 2.24) is 25.7 Å². The smallest absolute Gasteiger partial charge is 0.326 e. The van der Waals surface area contributed by atoms with Gasteiger partial charge in [0, 0.05) is 31.7 Å². The van der Waals surface area contributed by atoms with Crippen LogP contribution in [-0.2, 0) is 6.42 Å². The van der Waals surface area contributed by atoms with Crippen LogP contribution in [-0.4, -0.2) is 46.5 Å². The van der Waals surface area contributed by atoms with Gasteiger partial charge in [-0.15, -0.1) is 0 Å². The first kappa shape index (κ1) is 18.6. The van der Waals surface area contributed by atoms with Crippen LogP contribution in [0.2, 0.25) is 0 Å². The van der Waals surface area contributed by atoms with E-state index >= 15 is 0 Å². The summed E-state index contributed by atoms with van der Waals surface area (Å²) in [6.45, 7) is 2.14. The molecule has 3 unspecified atom stereocenters. The first-order valence-corrected chi connectivity index (χ1v) is 9.75. The molecule has 8 nitrogen and oxygen atoms in total. The van der Waals surface area contributed by atoms with Crippen molar-refractivity contribution < 1.29 is 4.79 Å². The van der Waals surface area contributed by atoms with Crippen molar-refractivity contribution in [3.8, 4) is 0 Å². The van der Waals surface area contributed by atoms with Gasteiger partial charge >= 0.3 is 5.69 Å². The average Bonchev–Trinajstić information content (AvgIpc) is 3.15. The predicted molar refractivity (Wildman–Crippen MR) is 105 cm³/mol. The lowest BCUT2D eigenvalue weighted by molar-refractivity contribution is 0.0628. The van der Waals surface area contributed by atoms with Gasteiger partial charge in [0.05, 0.1) is 0 Å². The number of rotatable bonds is 4. The summed E-state index contributed by atoms with van der Waals surface area (Å²) < 4.78 is 0. The summed E-state index contributed by atoms with van der Waals surface area (Å²) in [5.74, 6) is 0.468. The maximum Gasteiger partial charge on any atom is 0.326 e. The first-order chi connectivity index (χ1) is 13.6. The van der Waals surface area contributed by atoms with Crippen molar-refractivity contribution >= 4 is 5.91 Å². The minimum atomic E-state index is -0.658. The van der Waals surface area contributed by atoms with Crippen molar-refractivity contribution in [2.24, 2.45) is 11.8 Å². The number of benzene rings is 1. The molecule has 1 aromatic heterocycles. The molecule has 4 rings (SSSR count). The monoisotopic (exact) mass is 383 g/mol. The number of hydrazine groups is 1. The van der Waals surface area contributed by atoms with Crippen molar-refractivity contribution in [3.05, 3.63) is 68.5 Å². The Hall–Kier alpha value is -2.71. The summed E-state index contributed by atoms with van der Waals surface area (Å²) in [7, 11) is 0. The number of nitrogens with one attached hydrogen (secondary N) is 4. The zero-order chi connectivity index (χ0) is 19.5. The Morgan fingerprint density at radius 1 is 1.14 bits per heavy atom. The van der Waals surface area contributed by atoms with Crippen LogP contribution in [0.1, 0.15) is 28.9 Å². The Bertz CT molecular complexity index is 910. The number of carbonyl (C=O) groups is 1. The van der Waals surface area contributed by atoms with Gasteiger partial charge in [0.25, 0.3) is 11.5 Å². The second-order valence-electron chi connectivity index (χ2n) is 7.66. The fourth-order valence-electron chi connectivity index (χ4n) is 4.41. The highest BCUT2D eigenvalue weighted by molar-refractivity contribution is 5.92. The van der Waals surface area contributed by atoms with Crippen LogP contribution >= 0.6 is 0 Å².